The number of morpholine rings is 1. The highest BCUT2D eigenvalue weighted by atomic mass is 16.5. The van der Waals surface area contributed by atoms with Crippen LogP contribution in [0.3, 0.4) is 0 Å². The summed E-state index contributed by atoms with van der Waals surface area (Å²) in [6.07, 6.45) is 0.907. The number of carbonyl (C=O) groups is 2. The Labute approximate surface area is 148 Å². The third kappa shape index (κ3) is 6.03. The first-order chi connectivity index (χ1) is 12.1. The maximum atomic E-state index is 12.8. The van der Waals surface area contributed by atoms with Gasteiger partial charge in [-0.3, -0.25) is 14.5 Å². The van der Waals surface area contributed by atoms with Crippen LogP contribution in [0, 0.1) is 0 Å². The van der Waals surface area contributed by atoms with E-state index in [0.717, 1.165) is 39.3 Å². The van der Waals surface area contributed by atoms with E-state index in [0.29, 0.717) is 24.3 Å². The largest absolute Gasteiger partial charge is 0.480 e. The van der Waals surface area contributed by atoms with Crippen LogP contribution in [0.15, 0.2) is 24.3 Å². The highest BCUT2D eigenvalue weighted by Gasteiger charge is 2.18. The van der Waals surface area contributed by atoms with E-state index in [-0.39, 0.29) is 12.5 Å². The molecule has 7 heteroatoms. The number of hydrogen-bond donors (Lipinski definition) is 2. The van der Waals surface area contributed by atoms with Crippen molar-refractivity contribution in [2.24, 2.45) is 0 Å². The van der Waals surface area contributed by atoms with Crippen LogP contribution in [0.1, 0.15) is 23.7 Å². The van der Waals surface area contributed by atoms with Crippen LogP contribution < -0.4 is 5.32 Å². The smallest absolute Gasteiger partial charge is 0.322 e. The molecule has 0 saturated carbocycles. The number of aliphatic carboxylic acids is 1. The topological polar surface area (TPSA) is 82.1 Å². The number of carboxylic acids is 1. The van der Waals surface area contributed by atoms with Crippen molar-refractivity contribution in [3.63, 3.8) is 0 Å². The molecule has 1 heterocycles. The minimum Gasteiger partial charge on any atom is -0.480 e. The van der Waals surface area contributed by atoms with E-state index in [1.54, 1.807) is 24.3 Å². The zero-order chi connectivity index (χ0) is 18.1. The predicted molar refractivity (Wildman–Crippen MR) is 96.0 cm³/mol. The molecule has 2 rings (SSSR count). The van der Waals surface area contributed by atoms with Crippen LogP contribution in [0.4, 0.5) is 5.69 Å². The Morgan fingerprint density at radius 1 is 1.28 bits per heavy atom. The number of benzene rings is 1. The first-order valence-electron chi connectivity index (χ1n) is 8.76. The van der Waals surface area contributed by atoms with E-state index < -0.39 is 5.97 Å². The van der Waals surface area contributed by atoms with Gasteiger partial charge >= 0.3 is 5.97 Å². The van der Waals surface area contributed by atoms with Gasteiger partial charge in [-0.2, -0.15) is 0 Å². The summed E-state index contributed by atoms with van der Waals surface area (Å²) in [5.74, 6) is -1.03. The molecule has 1 aromatic carbocycles. The third-order valence-corrected chi connectivity index (χ3v) is 4.26. The molecule has 0 bridgehead atoms. The highest BCUT2D eigenvalue weighted by molar-refractivity contribution is 6.00. The van der Waals surface area contributed by atoms with Crippen LogP contribution in [0.25, 0.3) is 0 Å². The highest BCUT2D eigenvalue weighted by Crippen LogP contribution is 2.17. The Hall–Kier alpha value is -2.12. The van der Waals surface area contributed by atoms with Gasteiger partial charge in [0.15, 0.2) is 0 Å². The second kappa shape index (κ2) is 10.0. The lowest BCUT2D eigenvalue weighted by atomic mass is 10.1. The van der Waals surface area contributed by atoms with E-state index in [4.69, 9.17) is 9.84 Å². The molecule has 0 aliphatic carbocycles. The maximum Gasteiger partial charge on any atom is 0.322 e. The number of carboxylic acid groups (broad SMARTS) is 1. The lowest BCUT2D eigenvalue weighted by Crippen LogP contribution is -2.39. The van der Waals surface area contributed by atoms with Gasteiger partial charge < -0.3 is 20.1 Å². The van der Waals surface area contributed by atoms with Crippen molar-refractivity contribution >= 4 is 17.6 Å². The minimum absolute atomic E-state index is 0.0713. The Morgan fingerprint density at radius 3 is 2.68 bits per heavy atom. The summed E-state index contributed by atoms with van der Waals surface area (Å²) in [5.41, 5.74) is 1.07. The Bertz CT molecular complexity index is 573. The van der Waals surface area contributed by atoms with Crippen molar-refractivity contribution in [3.05, 3.63) is 29.8 Å². The monoisotopic (exact) mass is 349 g/mol. The fourth-order valence-corrected chi connectivity index (χ4v) is 2.88. The molecule has 2 N–H and O–H groups in total. The van der Waals surface area contributed by atoms with Crippen molar-refractivity contribution < 1.29 is 19.4 Å². The molecule has 0 spiro atoms. The number of para-hydroxylation sites is 1. The van der Waals surface area contributed by atoms with Gasteiger partial charge in [0.25, 0.3) is 5.91 Å². The van der Waals surface area contributed by atoms with Gasteiger partial charge in [0.1, 0.15) is 6.54 Å². The zero-order valence-electron chi connectivity index (χ0n) is 14.7. The number of anilines is 1. The molecular formula is C18H27N3O4. The third-order valence-electron chi connectivity index (χ3n) is 4.26. The summed E-state index contributed by atoms with van der Waals surface area (Å²) in [4.78, 5) is 27.8. The van der Waals surface area contributed by atoms with Crippen molar-refractivity contribution in [2.45, 2.75) is 13.3 Å². The summed E-state index contributed by atoms with van der Waals surface area (Å²) in [5, 5.41) is 11.6. The van der Waals surface area contributed by atoms with Crippen molar-refractivity contribution in [2.75, 3.05) is 57.8 Å². The van der Waals surface area contributed by atoms with Crippen LogP contribution >= 0.6 is 0 Å². The van der Waals surface area contributed by atoms with E-state index in [1.165, 1.54) is 0 Å². The van der Waals surface area contributed by atoms with Crippen molar-refractivity contribution in [1.29, 1.82) is 0 Å². The molecule has 1 aromatic rings. The molecule has 1 aliphatic heterocycles. The molecule has 0 unspecified atom stereocenters. The van der Waals surface area contributed by atoms with E-state index in [2.05, 4.69) is 10.2 Å². The number of amides is 1. The number of rotatable bonds is 9. The SMILES string of the molecule is CCN(CCCN1CCOCC1)C(=O)c1ccccc1NCC(=O)O. The summed E-state index contributed by atoms with van der Waals surface area (Å²) in [6, 6.07) is 7.05. The van der Waals surface area contributed by atoms with Crippen LogP contribution in [0.2, 0.25) is 0 Å². The van der Waals surface area contributed by atoms with E-state index >= 15 is 0 Å². The predicted octanol–water partition coefficient (Wildman–Crippen LogP) is 1.37. The molecule has 7 nitrogen and oxygen atoms in total. The Balaban J connectivity index is 1.93. The molecule has 0 atom stereocenters. The summed E-state index contributed by atoms with van der Waals surface area (Å²) < 4.78 is 5.34. The van der Waals surface area contributed by atoms with Gasteiger partial charge in [-0.05, 0) is 25.5 Å². The number of nitrogens with one attached hydrogen (secondary N) is 1. The molecule has 25 heavy (non-hydrogen) atoms. The number of hydrogen-bond acceptors (Lipinski definition) is 5. The second-order valence-corrected chi connectivity index (χ2v) is 5.99. The van der Waals surface area contributed by atoms with Crippen molar-refractivity contribution in [3.8, 4) is 0 Å². The first kappa shape index (κ1) is 19.2. The Kier molecular flexibility index (Phi) is 7.69. The Morgan fingerprint density at radius 2 is 2.00 bits per heavy atom. The lowest BCUT2D eigenvalue weighted by molar-refractivity contribution is -0.134. The van der Waals surface area contributed by atoms with E-state index in [9.17, 15) is 9.59 Å². The zero-order valence-corrected chi connectivity index (χ0v) is 14.7. The first-order valence-corrected chi connectivity index (χ1v) is 8.76. The minimum atomic E-state index is -0.958. The molecule has 138 valence electrons. The number of ether oxygens (including phenoxy) is 1. The molecule has 1 aliphatic rings. The molecule has 1 saturated heterocycles. The van der Waals surface area contributed by atoms with Gasteiger partial charge in [-0.1, -0.05) is 12.1 Å². The quantitative estimate of drug-likeness (QED) is 0.701. The second-order valence-electron chi connectivity index (χ2n) is 5.99. The molecule has 1 amide bonds. The van der Waals surface area contributed by atoms with Crippen LogP contribution in [-0.2, 0) is 9.53 Å². The summed E-state index contributed by atoms with van der Waals surface area (Å²) in [7, 11) is 0. The van der Waals surface area contributed by atoms with Gasteiger partial charge in [0, 0.05) is 38.4 Å². The number of carbonyl (C=O) groups excluding carboxylic acids is 1. The average Bonchev–Trinajstić information content (AvgIpc) is 2.64. The molecular weight excluding hydrogens is 322 g/mol. The van der Waals surface area contributed by atoms with Gasteiger partial charge in [-0.25, -0.2) is 0 Å². The normalized spacial score (nSPS) is 14.9. The van der Waals surface area contributed by atoms with Gasteiger partial charge in [0.2, 0.25) is 0 Å². The van der Waals surface area contributed by atoms with Gasteiger partial charge in [0.05, 0.1) is 18.8 Å². The number of nitrogens with zero attached hydrogens (tertiary/aromatic N) is 2. The maximum absolute atomic E-state index is 12.8. The summed E-state index contributed by atoms with van der Waals surface area (Å²) in [6.45, 7) is 7.44. The lowest BCUT2D eigenvalue weighted by Gasteiger charge is -2.28. The fraction of sp³-hybridized carbons (Fsp3) is 0.556. The molecule has 1 fully saturated rings. The molecule has 0 aromatic heterocycles. The van der Waals surface area contributed by atoms with Crippen LogP contribution in [0.5, 0.6) is 0 Å². The average molecular weight is 349 g/mol. The molecule has 0 radical (unpaired) electrons. The van der Waals surface area contributed by atoms with Gasteiger partial charge in [-0.15, -0.1) is 0 Å². The van der Waals surface area contributed by atoms with Crippen LogP contribution in [-0.4, -0.2) is 79.3 Å². The van der Waals surface area contributed by atoms with Crippen molar-refractivity contribution in [1.82, 2.24) is 9.80 Å². The fourth-order valence-electron chi connectivity index (χ4n) is 2.88. The standard InChI is InChI=1S/C18H27N3O4/c1-2-21(9-5-8-20-10-12-25-13-11-20)18(24)15-6-3-4-7-16(15)19-14-17(22)23/h3-4,6-7,19H,2,5,8-14H2,1H3,(H,22,23). The summed E-state index contributed by atoms with van der Waals surface area (Å²) >= 11 is 0. The van der Waals surface area contributed by atoms with E-state index in [1.807, 2.05) is 11.8 Å².